The van der Waals surface area contributed by atoms with Crippen molar-refractivity contribution >= 4 is 17.3 Å². The van der Waals surface area contributed by atoms with Crippen molar-refractivity contribution < 1.29 is 14.6 Å². The summed E-state index contributed by atoms with van der Waals surface area (Å²) < 4.78 is 10.9. The molecule has 1 saturated heterocycles. The summed E-state index contributed by atoms with van der Waals surface area (Å²) in [5, 5.41) is 11.0. The highest BCUT2D eigenvalue weighted by atomic mass is 35.5. The van der Waals surface area contributed by atoms with Gasteiger partial charge in [-0.2, -0.15) is 0 Å². The van der Waals surface area contributed by atoms with Gasteiger partial charge in [0.2, 0.25) is 0 Å². The molecule has 1 unspecified atom stereocenters. The van der Waals surface area contributed by atoms with E-state index in [4.69, 9.17) is 21.1 Å². The van der Waals surface area contributed by atoms with Crippen LogP contribution in [0, 0.1) is 6.92 Å². The number of aryl methyl sites for hydroxylation is 1. The Morgan fingerprint density at radius 3 is 2.33 bits per heavy atom. The molecule has 1 aliphatic rings. The Balaban J connectivity index is 1.42. The molecule has 2 aromatic carbocycles. The molecule has 0 saturated carbocycles. The fraction of sp³-hybridized carbons (Fsp3) is 0.429. The molecule has 0 aliphatic carbocycles. The number of anilines is 1. The lowest BCUT2D eigenvalue weighted by Crippen LogP contribution is -2.49. The van der Waals surface area contributed by atoms with Gasteiger partial charge in [-0.1, -0.05) is 11.6 Å². The van der Waals surface area contributed by atoms with Crippen LogP contribution >= 0.6 is 11.6 Å². The Morgan fingerprint density at radius 2 is 1.70 bits per heavy atom. The quantitative estimate of drug-likeness (QED) is 0.786. The van der Waals surface area contributed by atoms with Gasteiger partial charge in [0.1, 0.15) is 24.2 Å². The van der Waals surface area contributed by atoms with Gasteiger partial charge in [0, 0.05) is 43.4 Å². The van der Waals surface area contributed by atoms with E-state index >= 15 is 0 Å². The SMILES string of the molecule is COc1ccc(N2CCN(CC(O)COc3ccc(Cl)c(C)c3)CC2)cc1. The second-order valence-corrected chi connectivity index (χ2v) is 7.27. The summed E-state index contributed by atoms with van der Waals surface area (Å²) in [6.45, 7) is 6.55. The highest BCUT2D eigenvalue weighted by Gasteiger charge is 2.20. The summed E-state index contributed by atoms with van der Waals surface area (Å²) in [5.41, 5.74) is 2.18. The summed E-state index contributed by atoms with van der Waals surface area (Å²) in [6, 6.07) is 13.7. The van der Waals surface area contributed by atoms with E-state index in [1.807, 2.05) is 37.3 Å². The first kappa shape index (κ1) is 19.8. The molecule has 0 aromatic heterocycles. The largest absolute Gasteiger partial charge is 0.497 e. The van der Waals surface area contributed by atoms with Gasteiger partial charge in [-0.05, 0) is 55.0 Å². The Morgan fingerprint density at radius 1 is 1.04 bits per heavy atom. The fourth-order valence-electron chi connectivity index (χ4n) is 3.23. The molecule has 1 atom stereocenters. The molecule has 6 heteroatoms. The lowest BCUT2D eigenvalue weighted by molar-refractivity contribution is 0.0663. The minimum atomic E-state index is -0.520. The van der Waals surface area contributed by atoms with E-state index < -0.39 is 6.10 Å². The smallest absolute Gasteiger partial charge is 0.119 e. The van der Waals surface area contributed by atoms with Crippen LogP contribution < -0.4 is 14.4 Å². The van der Waals surface area contributed by atoms with Crippen LogP contribution in [0.5, 0.6) is 11.5 Å². The van der Waals surface area contributed by atoms with Gasteiger partial charge in [0.05, 0.1) is 7.11 Å². The predicted octanol–water partition coefficient (Wildman–Crippen LogP) is 3.22. The number of ether oxygens (including phenoxy) is 2. The van der Waals surface area contributed by atoms with Crippen LogP contribution in [0.3, 0.4) is 0 Å². The minimum Gasteiger partial charge on any atom is -0.497 e. The Bertz CT molecular complexity index is 731. The second-order valence-electron chi connectivity index (χ2n) is 6.86. The molecule has 5 nitrogen and oxygen atoms in total. The number of halogens is 1. The topological polar surface area (TPSA) is 45.2 Å². The van der Waals surface area contributed by atoms with Crippen molar-refractivity contribution in [1.82, 2.24) is 4.90 Å². The van der Waals surface area contributed by atoms with Crippen LogP contribution in [-0.4, -0.2) is 62.6 Å². The zero-order chi connectivity index (χ0) is 19.2. The fourth-order valence-corrected chi connectivity index (χ4v) is 3.35. The van der Waals surface area contributed by atoms with Crippen molar-refractivity contribution in [1.29, 1.82) is 0 Å². The van der Waals surface area contributed by atoms with E-state index in [9.17, 15) is 5.11 Å². The third-order valence-corrected chi connectivity index (χ3v) is 5.27. The summed E-state index contributed by atoms with van der Waals surface area (Å²) in [6.07, 6.45) is -0.520. The summed E-state index contributed by atoms with van der Waals surface area (Å²) in [7, 11) is 1.68. The van der Waals surface area contributed by atoms with Crippen molar-refractivity contribution in [3.8, 4) is 11.5 Å². The summed E-state index contributed by atoms with van der Waals surface area (Å²) in [5.74, 6) is 1.61. The Hall–Kier alpha value is -1.95. The average molecular weight is 391 g/mol. The zero-order valence-corrected chi connectivity index (χ0v) is 16.7. The molecule has 0 bridgehead atoms. The molecular formula is C21H27ClN2O3. The van der Waals surface area contributed by atoms with E-state index in [1.54, 1.807) is 7.11 Å². The van der Waals surface area contributed by atoms with Crippen molar-refractivity contribution in [2.45, 2.75) is 13.0 Å². The van der Waals surface area contributed by atoms with Crippen LogP contribution in [0.2, 0.25) is 5.02 Å². The number of aliphatic hydroxyl groups excluding tert-OH is 1. The number of rotatable bonds is 7. The number of β-amino-alcohol motifs (C(OH)–C–C–N with tert-alkyl or cyclic N) is 1. The molecule has 1 aliphatic heterocycles. The molecule has 146 valence electrons. The van der Waals surface area contributed by atoms with E-state index in [-0.39, 0.29) is 6.61 Å². The van der Waals surface area contributed by atoms with Gasteiger partial charge in [-0.3, -0.25) is 4.90 Å². The number of hydrogen-bond donors (Lipinski definition) is 1. The third-order valence-electron chi connectivity index (χ3n) is 4.85. The number of methoxy groups -OCH3 is 1. The standard InChI is InChI=1S/C21H27ClN2O3/c1-16-13-20(7-8-21(16)22)27-15-18(25)14-23-9-11-24(12-10-23)17-3-5-19(26-2)6-4-17/h3-8,13,18,25H,9-12,14-15H2,1-2H3. The maximum atomic E-state index is 10.3. The van der Waals surface area contributed by atoms with Gasteiger partial charge < -0.3 is 19.5 Å². The van der Waals surface area contributed by atoms with Crippen molar-refractivity contribution in [2.24, 2.45) is 0 Å². The van der Waals surface area contributed by atoms with Gasteiger partial charge in [-0.15, -0.1) is 0 Å². The maximum Gasteiger partial charge on any atom is 0.119 e. The molecule has 0 spiro atoms. The van der Waals surface area contributed by atoms with Crippen LogP contribution in [0.25, 0.3) is 0 Å². The first-order valence-electron chi connectivity index (χ1n) is 9.23. The molecule has 0 amide bonds. The minimum absolute atomic E-state index is 0.278. The molecule has 1 N–H and O–H groups in total. The van der Waals surface area contributed by atoms with Crippen molar-refractivity contribution in [2.75, 3.05) is 51.3 Å². The second kappa shape index (κ2) is 9.31. The molecule has 1 heterocycles. The normalized spacial score (nSPS) is 16.2. The first-order valence-corrected chi connectivity index (χ1v) is 9.61. The average Bonchev–Trinajstić information content (AvgIpc) is 2.69. The van der Waals surface area contributed by atoms with Gasteiger partial charge in [-0.25, -0.2) is 0 Å². The van der Waals surface area contributed by atoms with Crippen LogP contribution in [-0.2, 0) is 0 Å². The maximum absolute atomic E-state index is 10.3. The Kier molecular flexibility index (Phi) is 6.83. The number of hydrogen-bond acceptors (Lipinski definition) is 5. The third kappa shape index (κ3) is 5.51. The number of benzene rings is 2. The number of nitrogens with zero attached hydrogens (tertiary/aromatic N) is 2. The highest BCUT2D eigenvalue weighted by molar-refractivity contribution is 6.31. The monoisotopic (exact) mass is 390 g/mol. The lowest BCUT2D eigenvalue weighted by Gasteiger charge is -2.36. The molecule has 2 aromatic rings. The molecular weight excluding hydrogens is 364 g/mol. The van der Waals surface area contributed by atoms with E-state index in [1.165, 1.54) is 5.69 Å². The van der Waals surface area contributed by atoms with Crippen LogP contribution in [0.4, 0.5) is 5.69 Å². The molecule has 1 fully saturated rings. The van der Waals surface area contributed by atoms with E-state index in [0.29, 0.717) is 6.54 Å². The predicted molar refractivity (Wildman–Crippen MR) is 109 cm³/mol. The van der Waals surface area contributed by atoms with E-state index in [2.05, 4.69) is 21.9 Å². The first-order chi connectivity index (χ1) is 13.0. The lowest BCUT2D eigenvalue weighted by atomic mass is 10.2. The number of aliphatic hydroxyl groups is 1. The Labute approximate surface area is 166 Å². The summed E-state index contributed by atoms with van der Waals surface area (Å²) in [4.78, 5) is 4.64. The zero-order valence-electron chi connectivity index (χ0n) is 15.9. The van der Waals surface area contributed by atoms with Crippen molar-refractivity contribution in [3.05, 3.63) is 53.1 Å². The molecule has 27 heavy (non-hydrogen) atoms. The number of piperazine rings is 1. The van der Waals surface area contributed by atoms with Crippen LogP contribution in [0.15, 0.2) is 42.5 Å². The molecule has 0 radical (unpaired) electrons. The van der Waals surface area contributed by atoms with Gasteiger partial charge in [0.25, 0.3) is 0 Å². The van der Waals surface area contributed by atoms with E-state index in [0.717, 1.165) is 48.3 Å². The van der Waals surface area contributed by atoms with Crippen LogP contribution in [0.1, 0.15) is 5.56 Å². The van der Waals surface area contributed by atoms with Gasteiger partial charge >= 0.3 is 0 Å². The molecule has 3 rings (SSSR count). The van der Waals surface area contributed by atoms with Gasteiger partial charge in [0.15, 0.2) is 0 Å². The van der Waals surface area contributed by atoms with Crippen molar-refractivity contribution in [3.63, 3.8) is 0 Å². The summed E-state index contributed by atoms with van der Waals surface area (Å²) >= 11 is 6.02. The highest BCUT2D eigenvalue weighted by Crippen LogP contribution is 2.22.